The van der Waals surface area contributed by atoms with Crippen molar-refractivity contribution in [3.8, 4) is 0 Å². The molecule has 3 nitrogen and oxygen atoms in total. The van der Waals surface area contributed by atoms with Crippen molar-refractivity contribution in [3.05, 3.63) is 29.6 Å². The normalized spacial score (nSPS) is 9.93. The molecule has 0 atom stereocenters. The number of benzene rings is 1. The van der Waals surface area contributed by atoms with E-state index in [0.29, 0.717) is 0 Å². The summed E-state index contributed by atoms with van der Waals surface area (Å²) in [6.45, 7) is 0. The molecule has 0 bridgehead atoms. The van der Waals surface area contributed by atoms with Crippen LogP contribution in [0.25, 0.3) is 0 Å². The molecule has 0 spiro atoms. The number of halogens is 1. The summed E-state index contributed by atoms with van der Waals surface area (Å²) in [6.07, 6.45) is 0. The summed E-state index contributed by atoms with van der Waals surface area (Å²) < 4.78 is 13.5. The van der Waals surface area contributed by atoms with Crippen molar-refractivity contribution in [2.75, 3.05) is 33.1 Å². The van der Waals surface area contributed by atoms with Gasteiger partial charge in [-0.1, -0.05) is 0 Å². The molecule has 4 heteroatoms. The maximum atomic E-state index is 13.5. The number of hydrogen-bond acceptors (Lipinski definition) is 2. The summed E-state index contributed by atoms with van der Waals surface area (Å²) in [5.41, 5.74) is 0.841. The third-order valence-electron chi connectivity index (χ3n) is 2.11. The fourth-order valence-electron chi connectivity index (χ4n) is 1.20. The third kappa shape index (κ3) is 2.46. The van der Waals surface area contributed by atoms with Gasteiger partial charge in [0.15, 0.2) is 0 Å². The molecule has 1 aromatic carbocycles. The highest BCUT2D eigenvalue weighted by Crippen LogP contribution is 2.17. The zero-order chi connectivity index (χ0) is 11.6. The Hall–Kier alpha value is -1.58. The van der Waals surface area contributed by atoms with Gasteiger partial charge in [0, 0.05) is 33.9 Å². The lowest BCUT2D eigenvalue weighted by molar-refractivity contribution is 0.0823. The fraction of sp³-hybridized carbons (Fsp3) is 0.364. The van der Waals surface area contributed by atoms with E-state index in [1.165, 1.54) is 17.0 Å². The quantitative estimate of drug-likeness (QED) is 0.740. The topological polar surface area (TPSA) is 23.6 Å². The fourth-order valence-corrected chi connectivity index (χ4v) is 1.20. The van der Waals surface area contributed by atoms with Gasteiger partial charge in [-0.15, -0.1) is 0 Å². The lowest BCUT2D eigenvalue weighted by Gasteiger charge is -2.15. The van der Waals surface area contributed by atoms with Crippen molar-refractivity contribution in [2.24, 2.45) is 0 Å². The van der Waals surface area contributed by atoms with Crippen molar-refractivity contribution in [1.29, 1.82) is 0 Å². The van der Waals surface area contributed by atoms with Gasteiger partial charge in [0.1, 0.15) is 5.82 Å². The molecule has 1 aromatic rings. The number of carbonyl (C=O) groups excluding carboxylic acids is 1. The third-order valence-corrected chi connectivity index (χ3v) is 2.11. The molecular formula is C11H15FN2O. The molecule has 15 heavy (non-hydrogen) atoms. The van der Waals surface area contributed by atoms with Crippen LogP contribution in [-0.2, 0) is 0 Å². The Morgan fingerprint density at radius 2 is 1.80 bits per heavy atom. The van der Waals surface area contributed by atoms with Gasteiger partial charge in [0.25, 0.3) is 5.91 Å². The lowest BCUT2D eigenvalue weighted by atomic mass is 10.1. The zero-order valence-corrected chi connectivity index (χ0v) is 9.41. The van der Waals surface area contributed by atoms with E-state index in [0.717, 1.165) is 5.69 Å². The Labute approximate surface area is 89.1 Å². The van der Waals surface area contributed by atoms with Gasteiger partial charge in [-0.05, 0) is 18.2 Å². The molecule has 1 rings (SSSR count). The predicted octanol–water partition coefficient (Wildman–Crippen LogP) is 1.59. The van der Waals surface area contributed by atoms with Crippen LogP contribution >= 0.6 is 0 Å². The maximum Gasteiger partial charge on any atom is 0.256 e. The summed E-state index contributed by atoms with van der Waals surface area (Å²) in [5, 5.41) is 0. The molecule has 1 amide bonds. The Balaban J connectivity index is 3.08. The minimum Gasteiger partial charge on any atom is -0.378 e. The van der Waals surface area contributed by atoms with Crippen molar-refractivity contribution >= 4 is 11.6 Å². The van der Waals surface area contributed by atoms with Crippen LogP contribution < -0.4 is 4.90 Å². The van der Waals surface area contributed by atoms with Crippen LogP contribution in [0.3, 0.4) is 0 Å². The Bertz CT molecular complexity index is 375. The van der Waals surface area contributed by atoms with Crippen LogP contribution in [0.2, 0.25) is 0 Å². The molecule has 0 saturated carbocycles. The summed E-state index contributed by atoms with van der Waals surface area (Å²) >= 11 is 0. The Kier molecular flexibility index (Phi) is 3.29. The first kappa shape index (κ1) is 11.5. The van der Waals surface area contributed by atoms with E-state index in [1.54, 1.807) is 25.1 Å². The van der Waals surface area contributed by atoms with Gasteiger partial charge in [0.05, 0.1) is 5.56 Å². The molecule has 0 unspecified atom stereocenters. The van der Waals surface area contributed by atoms with E-state index >= 15 is 0 Å². The van der Waals surface area contributed by atoms with Crippen LogP contribution in [0.5, 0.6) is 0 Å². The van der Waals surface area contributed by atoms with Gasteiger partial charge < -0.3 is 9.80 Å². The van der Waals surface area contributed by atoms with Gasteiger partial charge in [-0.3, -0.25) is 4.79 Å². The smallest absolute Gasteiger partial charge is 0.256 e. The molecule has 0 aliphatic heterocycles. The number of hydrogen-bond donors (Lipinski definition) is 0. The SMILES string of the molecule is CN(C)C(=O)c1ccc(N(C)C)cc1F. The highest BCUT2D eigenvalue weighted by atomic mass is 19.1. The summed E-state index contributed by atoms with van der Waals surface area (Å²) in [4.78, 5) is 14.7. The average Bonchev–Trinajstić information content (AvgIpc) is 2.16. The van der Waals surface area contributed by atoms with Crippen molar-refractivity contribution in [3.63, 3.8) is 0 Å². The zero-order valence-electron chi connectivity index (χ0n) is 9.41. The van der Waals surface area contributed by atoms with E-state index in [9.17, 15) is 9.18 Å². The van der Waals surface area contributed by atoms with E-state index < -0.39 is 5.82 Å². The van der Waals surface area contributed by atoms with Gasteiger partial charge in [-0.2, -0.15) is 0 Å². The van der Waals surface area contributed by atoms with Crippen LogP contribution in [-0.4, -0.2) is 39.0 Å². The van der Waals surface area contributed by atoms with Gasteiger partial charge >= 0.3 is 0 Å². The molecule has 0 radical (unpaired) electrons. The van der Waals surface area contributed by atoms with Crippen molar-refractivity contribution < 1.29 is 9.18 Å². The van der Waals surface area contributed by atoms with Gasteiger partial charge in [0.2, 0.25) is 0 Å². The standard InChI is InChI=1S/C11H15FN2O/c1-13(2)8-5-6-9(10(12)7-8)11(15)14(3)4/h5-7H,1-4H3. The molecule has 82 valence electrons. The second-order valence-electron chi connectivity index (χ2n) is 3.76. The Morgan fingerprint density at radius 1 is 1.20 bits per heavy atom. The van der Waals surface area contributed by atoms with E-state index in [4.69, 9.17) is 0 Å². The monoisotopic (exact) mass is 210 g/mol. The summed E-state index contributed by atoms with van der Waals surface area (Å²) in [5.74, 6) is -0.808. The second-order valence-corrected chi connectivity index (χ2v) is 3.76. The molecule has 0 fully saturated rings. The van der Waals surface area contributed by atoms with E-state index in [1.807, 2.05) is 14.1 Å². The highest BCUT2D eigenvalue weighted by Gasteiger charge is 2.13. The van der Waals surface area contributed by atoms with Crippen LogP contribution in [0.4, 0.5) is 10.1 Å². The molecule has 0 aliphatic rings. The first-order valence-corrected chi connectivity index (χ1v) is 4.62. The van der Waals surface area contributed by atoms with Crippen molar-refractivity contribution in [1.82, 2.24) is 4.90 Å². The predicted molar refractivity (Wildman–Crippen MR) is 58.7 cm³/mol. The number of carbonyl (C=O) groups is 1. The van der Waals surface area contributed by atoms with E-state index in [2.05, 4.69) is 0 Å². The van der Waals surface area contributed by atoms with E-state index in [-0.39, 0.29) is 11.5 Å². The van der Waals surface area contributed by atoms with Crippen LogP contribution in [0.1, 0.15) is 10.4 Å². The highest BCUT2D eigenvalue weighted by molar-refractivity contribution is 5.94. The molecule has 0 heterocycles. The second kappa shape index (κ2) is 4.29. The minimum atomic E-state index is -0.486. The average molecular weight is 210 g/mol. The largest absolute Gasteiger partial charge is 0.378 e. The first-order chi connectivity index (χ1) is 6.93. The molecule has 0 saturated heterocycles. The number of amides is 1. The minimum absolute atomic E-state index is 0.102. The van der Waals surface area contributed by atoms with Crippen LogP contribution in [0.15, 0.2) is 18.2 Å². The molecule has 0 N–H and O–H groups in total. The molecule has 0 aromatic heterocycles. The summed E-state index contributed by atoms with van der Waals surface area (Å²) in [7, 11) is 6.84. The van der Waals surface area contributed by atoms with Crippen molar-refractivity contribution in [2.45, 2.75) is 0 Å². The lowest BCUT2D eigenvalue weighted by Crippen LogP contribution is -2.23. The number of nitrogens with zero attached hydrogens (tertiary/aromatic N) is 2. The maximum absolute atomic E-state index is 13.5. The Morgan fingerprint density at radius 3 is 2.20 bits per heavy atom. The molecule has 0 aliphatic carbocycles. The van der Waals surface area contributed by atoms with Crippen LogP contribution in [0, 0.1) is 5.82 Å². The number of rotatable bonds is 2. The number of anilines is 1. The van der Waals surface area contributed by atoms with Gasteiger partial charge in [-0.25, -0.2) is 4.39 Å². The molecular weight excluding hydrogens is 195 g/mol. The first-order valence-electron chi connectivity index (χ1n) is 4.62. The summed E-state index contributed by atoms with van der Waals surface area (Å²) in [6, 6.07) is 4.59.